The third-order valence-electron chi connectivity index (χ3n) is 2.57. The number of nitrogen functional groups attached to an aromatic ring is 1. The smallest absolute Gasteiger partial charge is 0.303 e. The molecule has 0 amide bonds. The highest BCUT2D eigenvalue weighted by atomic mass is 32.2. The molecule has 1 aromatic carbocycles. The minimum Gasteiger partial charge on any atom is -0.303 e. The van der Waals surface area contributed by atoms with Crippen LogP contribution in [-0.4, -0.2) is 14.9 Å². The number of nitrogens with zero attached hydrogens (tertiary/aromatic N) is 3. The fourth-order valence-corrected chi connectivity index (χ4v) is 2.60. The highest BCUT2D eigenvalue weighted by molar-refractivity contribution is 7.98. The molecule has 1 heterocycles. The van der Waals surface area contributed by atoms with E-state index in [2.05, 4.69) is 15.4 Å². The topological polar surface area (TPSA) is 107 Å². The normalized spacial score (nSPS) is 10.3. The zero-order valence-corrected chi connectivity index (χ0v) is 11.6. The third kappa shape index (κ3) is 3.22. The predicted molar refractivity (Wildman–Crippen MR) is 77.2 cm³/mol. The van der Waals surface area contributed by atoms with Crippen LogP contribution in [0.3, 0.4) is 0 Å². The predicted octanol–water partition coefficient (Wildman–Crippen LogP) is 2.27. The number of anilines is 1. The van der Waals surface area contributed by atoms with Crippen molar-refractivity contribution < 1.29 is 4.92 Å². The van der Waals surface area contributed by atoms with Crippen LogP contribution >= 0.6 is 11.8 Å². The van der Waals surface area contributed by atoms with Crippen molar-refractivity contribution in [3.05, 3.63) is 51.8 Å². The molecule has 0 radical (unpaired) electrons. The summed E-state index contributed by atoms with van der Waals surface area (Å²) in [7, 11) is 0. The second kappa shape index (κ2) is 6.31. The zero-order chi connectivity index (χ0) is 14.5. The summed E-state index contributed by atoms with van der Waals surface area (Å²) in [5, 5.41) is 11.4. The van der Waals surface area contributed by atoms with E-state index in [4.69, 9.17) is 5.84 Å². The summed E-state index contributed by atoms with van der Waals surface area (Å²) in [5.41, 5.74) is 4.23. The van der Waals surface area contributed by atoms with Gasteiger partial charge in [0.25, 0.3) is 0 Å². The van der Waals surface area contributed by atoms with Crippen molar-refractivity contribution in [2.45, 2.75) is 17.7 Å². The van der Waals surface area contributed by atoms with Crippen LogP contribution in [0.1, 0.15) is 11.1 Å². The minimum absolute atomic E-state index is 0.0109. The number of aromatic nitrogens is 2. The van der Waals surface area contributed by atoms with Crippen LogP contribution in [0.4, 0.5) is 11.5 Å². The van der Waals surface area contributed by atoms with Gasteiger partial charge in [-0.3, -0.25) is 10.1 Å². The summed E-state index contributed by atoms with van der Waals surface area (Å²) in [4.78, 5) is 18.3. The summed E-state index contributed by atoms with van der Waals surface area (Å²) >= 11 is 1.28. The molecule has 0 bridgehead atoms. The van der Waals surface area contributed by atoms with Crippen LogP contribution in [0.25, 0.3) is 0 Å². The summed E-state index contributed by atoms with van der Waals surface area (Å²) in [5.74, 6) is 5.83. The molecular formula is C12H13N5O2S. The van der Waals surface area contributed by atoms with E-state index in [0.29, 0.717) is 10.8 Å². The number of nitrogens with two attached hydrogens (primary N) is 1. The molecule has 8 heteroatoms. The van der Waals surface area contributed by atoms with Gasteiger partial charge in [-0.1, -0.05) is 41.6 Å². The number of hydrogen-bond acceptors (Lipinski definition) is 7. The summed E-state index contributed by atoms with van der Waals surface area (Å²) in [6, 6.07) is 7.95. The number of thioether (sulfide) groups is 1. The Morgan fingerprint density at radius 3 is 2.90 bits per heavy atom. The molecule has 0 atom stereocenters. The lowest BCUT2D eigenvalue weighted by molar-refractivity contribution is -0.387. The van der Waals surface area contributed by atoms with Gasteiger partial charge in [-0.15, -0.1) is 0 Å². The number of nitrogens with one attached hydrogen (secondary N) is 1. The molecule has 1 aromatic heterocycles. The Morgan fingerprint density at radius 1 is 1.45 bits per heavy atom. The van der Waals surface area contributed by atoms with E-state index < -0.39 is 4.92 Å². The molecule has 2 aromatic rings. The summed E-state index contributed by atoms with van der Waals surface area (Å²) in [6.07, 6.45) is 1.25. The summed E-state index contributed by atoms with van der Waals surface area (Å²) < 4.78 is 0. The van der Waals surface area contributed by atoms with E-state index >= 15 is 0 Å². The Morgan fingerprint density at radius 2 is 2.25 bits per heavy atom. The first-order chi connectivity index (χ1) is 9.61. The Hall–Kier alpha value is -2.19. The Balaban J connectivity index is 2.23. The largest absolute Gasteiger partial charge is 0.344 e. The van der Waals surface area contributed by atoms with Crippen molar-refractivity contribution in [2.75, 3.05) is 5.43 Å². The number of aryl methyl sites for hydroxylation is 1. The molecule has 0 spiro atoms. The van der Waals surface area contributed by atoms with E-state index in [-0.39, 0.29) is 11.5 Å². The van der Waals surface area contributed by atoms with Crippen molar-refractivity contribution >= 4 is 23.3 Å². The lowest BCUT2D eigenvalue weighted by atomic mass is 10.2. The molecule has 20 heavy (non-hydrogen) atoms. The number of benzene rings is 1. The molecule has 0 unspecified atom stereocenters. The molecule has 0 aliphatic heterocycles. The molecule has 3 N–H and O–H groups in total. The van der Waals surface area contributed by atoms with Gasteiger partial charge in [0, 0.05) is 5.75 Å². The second-order valence-corrected chi connectivity index (χ2v) is 5.02. The zero-order valence-electron chi connectivity index (χ0n) is 10.7. The van der Waals surface area contributed by atoms with Crippen LogP contribution < -0.4 is 11.3 Å². The van der Waals surface area contributed by atoms with Gasteiger partial charge in [0.05, 0.1) is 4.92 Å². The van der Waals surface area contributed by atoms with Crippen molar-refractivity contribution in [2.24, 2.45) is 5.84 Å². The maximum Gasteiger partial charge on any atom is 0.344 e. The van der Waals surface area contributed by atoms with E-state index in [1.165, 1.54) is 18.1 Å². The molecule has 0 aliphatic carbocycles. The minimum atomic E-state index is -0.534. The molecule has 7 nitrogen and oxygen atoms in total. The lowest BCUT2D eigenvalue weighted by Crippen LogP contribution is -2.12. The maximum absolute atomic E-state index is 11.1. The highest BCUT2D eigenvalue weighted by Gasteiger charge is 2.22. The van der Waals surface area contributed by atoms with Crippen molar-refractivity contribution in [1.29, 1.82) is 0 Å². The van der Waals surface area contributed by atoms with Crippen LogP contribution in [0.15, 0.2) is 35.6 Å². The molecule has 0 aliphatic rings. The fourth-order valence-electron chi connectivity index (χ4n) is 1.69. The maximum atomic E-state index is 11.1. The molecule has 0 fully saturated rings. The van der Waals surface area contributed by atoms with Gasteiger partial charge in [-0.2, -0.15) is 0 Å². The Bertz CT molecular complexity index is 635. The first-order valence-corrected chi connectivity index (χ1v) is 6.74. The van der Waals surface area contributed by atoms with Gasteiger partial charge in [-0.25, -0.2) is 15.8 Å². The van der Waals surface area contributed by atoms with Gasteiger partial charge < -0.3 is 5.43 Å². The number of hydrogen-bond donors (Lipinski definition) is 2. The summed E-state index contributed by atoms with van der Waals surface area (Å²) in [6.45, 7) is 2.00. The first kappa shape index (κ1) is 14.2. The molecule has 0 saturated carbocycles. The van der Waals surface area contributed by atoms with Gasteiger partial charge >= 0.3 is 5.69 Å². The molecule has 2 rings (SSSR count). The van der Waals surface area contributed by atoms with E-state index in [1.54, 1.807) is 0 Å². The number of nitro groups is 1. The van der Waals surface area contributed by atoms with Gasteiger partial charge in [0.1, 0.15) is 6.33 Å². The quantitative estimate of drug-likeness (QED) is 0.286. The standard InChI is InChI=1S/C12H13N5O2S/c1-8-3-2-4-9(5-8)6-20-12-10(17(18)19)11(16-13)14-7-15-12/h2-5,7H,6,13H2,1H3,(H,14,15,16). The van der Waals surface area contributed by atoms with Crippen LogP contribution in [0.5, 0.6) is 0 Å². The van der Waals surface area contributed by atoms with Crippen LogP contribution in [-0.2, 0) is 5.75 Å². The first-order valence-electron chi connectivity index (χ1n) is 5.76. The van der Waals surface area contributed by atoms with E-state index in [9.17, 15) is 10.1 Å². The number of rotatable bonds is 5. The van der Waals surface area contributed by atoms with Crippen molar-refractivity contribution in [3.63, 3.8) is 0 Å². The molecule has 104 valence electrons. The van der Waals surface area contributed by atoms with E-state index in [1.807, 2.05) is 31.2 Å². The van der Waals surface area contributed by atoms with Crippen LogP contribution in [0.2, 0.25) is 0 Å². The third-order valence-corrected chi connectivity index (χ3v) is 3.62. The number of hydrazine groups is 1. The SMILES string of the molecule is Cc1cccc(CSc2ncnc(NN)c2[N+](=O)[O-])c1. The average molecular weight is 291 g/mol. The fraction of sp³-hybridized carbons (Fsp3) is 0.167. The van der Waals surface area contributed by atoms with Gasteiger partial charge in [0.15, 0.2) is 5.03 Å². The average Bonchev–Trinajstić information content (AvgIpc) is 2.44. The highest BCUT2D eigenvalue weighted by Crippen LogP contribution is 2.33. The van der Waals surface area contributed by atoms with Gasteiger partial charge in [0.2, 0.25) is 5.82 Å². The Kier molecular flexibility index (Phi) is 4.49. The molecule has 0 saturated heterocycles. The van der Waals surface area contributed by atoms with E-state index in [0.717, 1.165) is 11.1 Å². The van der Waals surface area contributed by atoms with Crippen molar-refractivity contribution in [1.82, 2.24) is 9.97 Å². The molecular weight excluding hydrogens is 278 g/mol. The second-order valence-electron chi connectivity index (χ2n) is 4.06. The Labute approximate surface area is 119 Å². The van der Waals surface area contributed by atoms with Gasteiger partial charge in [-0.05, 0) is 12.5 Å². The lowest BCUT2D eigenvalue weighted by Gasteiger charge is -2.05. The van der Waals surface area contributed by atoms with Crippen molar-refractivity contribution in [3.8, 4) is 0 Å². The van der Waals surface area contributed by atoms with Crippen LogP contribution in [0, 0.1) is 17.0 Å². The monoisotopic (exact) mass is 291 g/mol.